The number of hydrogen-bond donors (Lipinski definition) is 2. The van der Waals surface area contributed by atoms with E-state index in [4.69, 9.17) is 18.0 Å². The zero-order chi connectivity index (χ0) is 14.5. The Hall–Kier alpha value is -0.980. The number of benzene rings is 1. The van der Waals surface area contributed by atoms with Crippen LogP contribution in [0.15, 0.2) is 29.2 Å². The van der Waals surface area contributed by atoms with Gasteiger partial charge in [-0.05, 0) is 31.0 Å². The van der Waals surface area contributed by atoms with E-state index in [9.17, 15) is 8.42 Å². The first-order valence-corrected chi connectivity index (χ1v) is 8.14. The lowest BCUT2D eigenvalue weighted by molar-refractivity contribution is 0.544. The van der Waals surface area contributed by atoms with Gasteiger partial charge in [-0.2, -0.15) is 0 Å². The smallest absolute Gasteiger partial charge is 0.240 e. The molecule has 0 aliphatic carbocycles. The Labute approximate surface area is 120 Å². The van der Waals surface area contributed by atoms with Crippen LogP contribution in [0.1, 0.15) is 32.3 Å². The molecule has 1 aromatic rings. The maximum absolute atomic E-state index is 12.1. The molecule has 19 heavy (non-hydrogen) atoms. The fourth-order valence-electron chi connectivity index (χ4n) is 1.81. The molecule has 0 amide bonds. The van der Waals surface area contributed by atoms with E-state index in [1.54, 1.807) is 24.3 Å². The quantitative estimate of drug-likeness (QED) is 0.755. The number of nitrogens with two attached hydrogens (primary N) is 1. The highest BCUT2D eigenvalue weighted by molar-refractivity contribution is 7.89. The summed E-state index contributed by atoms with van der Waals surface area (Å²) in [5, 5.41) is 0. The van der Waals surface area contributed by atoms with Crippen molar-refractivity contribution in [3.63, 3.8) is 0 Å². The third-order valence-corrected chi connectivity index (χ3v) is 4.44. The normalized spacial score (nSPS) is 13.2. The van der Waals surface area contributed by atoms with Crippen molar-refractivity contribution < 1.29 is 8.42 Å². The summed E-state index contributed by atoms with van der Waals surface area (Å²) in [5.41, 5.74) is 6.36. The SMILES string of the molecule is CCCC(C)NS(=O)(=O)c1ccc(CC(N)=S)cc1. The molecule has 1 atom stereocenters. The van der Waals surface area contributed by atoms with E-state index in [1.807, 2.05) is 13.8 Å². The van der Waals surface area contributed by atoms with Crippen molar-refractivity contribution in [2.45, 2.75) is 44.0 Å². The van der Waals surface area contributed by atoms with Crippen LogP contribution in [0.2, 0.25) is 0 Å². The molecule has 0 aliphatic heterocycles. The molecule has 0 aliphatic rings. The summed E-state index contributed by atoms with van der Waals surface area (Å²) in [4.78, 5) is 0.660. The van der Waals surface area contributed by atoms with Crippen molar-refractivity contribution in [3.8, 4) is 0 Å². The van der Waals surface area contributed by atoms with Gasteiger partial charge in [-0.3, -0.25) is 0 Å². The van der Waals surface area contributed by atoms with Gasteiger partial charge in [0.05, 0.1) is 9.88 Å². The van der Waals surface area contributed by atoms with E-state index >= 15 is 0 Å². The van der Waals surface area contributed by atoms with Gasteiger partial charge in [0.25, 0.3) is 0 Å². The molecule has 1 aromatic carbocycles. The van der Waals surface area contributed by atoms with Gasteiger partial charge in [0.1, 0.15) is 0 Å². The van der Waals surface area contributed by atoms with E-state index in [-0.39, 0.29) is 10.9 Å². The van der Waals surface area contributed by atoms with Gasteiger partial charge in [0.2, 0.25) is 10.0 Å². The number of thiocarbonyl (C=S) groups is 1. The highest BCUT2D eigenvalue weighted by atomic mass is 32.2. The monoisotopic (exact) mass is 300 g/mol. The lowest BCUT2D eigenvalue weighted by Crippen LogP contribution is -2.32. The van der Waals surface area contributed by atoms with Crippen molar-refractivity contribution in [2.75, 3.05) is 0 Å². The summed E-state index contributed by atoms with van der Waals surface area (Å²) in [6.07, 6.45) is 2.24. The van der Waals surface area contributed by atoms with Gasteiger partial charge in [0.15, 0.2) is 0 Å². The van der Waals surface area contributed by atoms with E-state index in [1.165, 1.54) is 0 Å². The molecule has 0 fully saturated rings. The van der Waals surface area contributed by atoms with Gasteiger partial charge in [0, 0.05) is 12.5 Å². The fraction of sp³-hybridized carbons (Fsp3) is 0.462. The van der Waals surface area contributed by atoms with Crippen molar-refractivity contribution in [1.29, 1.82) is 0 Å². The molecule has 0 saturated heterocycles. The Balaban J connectivity index is 2.81. The zero-order valence-electron chi connectivity index (χ0n) is 11.2. The summed E-state index contributed by atoms with van der Waals surface area (Å²) >= 11 is 4.82. The van der Waals surface area contributed by atoms with Crippen LogP contribution in [0.5, 0.6) is 0 Å². The van der Waals surface area contributed by atoms with Crippen LogP contribution in [-0.2, 0) is 16.4 Å². The molecular formula is C13H20N2O2S2. The molecule has 4 nitrogen and oxygen atoms in total. The van der Waals surface area contributed by atoms with Gasteiger partial charge in [-0.15, -0.1) is 0 Å². The predicted octanol–water partition coefficient (Wildman–Crippen LogP) is 1.98. The molecule has 0 aromatic heterocycles. The zero-order valence-corrected chi connectivity index (χ0v) is 12.9. The summed E-state index contributed by atoms with van der Waals surface area (Å²) < 4.78 is 26.8. The Morgan fingerprint density at radius 3 is 2.42 bits per heavy atom. The van der Waals surface area contributed by atoms with E-state index in [2.05, 4.69) is 4.72 Å². The number of rotatable bonds is 7. The second-order valence-corrected chi connectivity index (χ2v) is 6.84. The molecule has 106 valence electrons. The maximum Gasteiger partial charge on any atom is 0.240 e. The highest BCUT2D eigenvalue weighted by Gasteiger charge is 2.16. The van der Waals surface area contributed by atoms with Crippen LogP contribution in [0.3, 0.4) is 0 Å². The minimum atomic E-state index is -3.44. The molecule has 1 rings (SSSR count). The second-order valence-electron chi connectivity index (χ2n) is 4.60. The minimum absolute atomic E-state index is 0.0636. The molecule has 0 bridgehead atoms. The Kier molecular flexibility index (Phi) is 5.90. The van der Waals surface area contributed by atoms with Gasteiger partial charge < -0.3 is 5.73 Å². The summed E-state index contributed by atoms with van der Waals surface area (Å²) in [7, 11) is -3.44. The lowest BCUT2D eigenvalue weighted by atomic mass is 10.1. The van der Waals surface area contributed by atoms with Crippen molar-refractivity contribution in [1.82, 2.24) is 4.72 Å². The van der Waals surface area contributed by atoms with Gasteiger partial charge in [-0.1, -0.05) is 37.7 Å². The van der Waals surface area contributed by atoms with Crippen LogP contribution >= 0.6 is 12.2 Å². The number of nitrogens with one attached hydrogen (secondary N) is 1. The van der Waals surface area contributed by atoms with Crippen LogP contribution in [0.4, 0.5) is 0 Å². The average Bonchev–Trinajstić information content (AvgIpc) is 2.28. The second kappa shape index (κ2) is 6.98. The Bertz CT molecular complexity index is 524. The first-order valence-electron chi connectivity index (χ1n) is 6.24. The topological polar surface area (TPSA) is 72.2 Å². The molecule has 1 unspecified atom stereocenters. The van der Waals surface area contributed by atoms with Gasteiger partial charge in [-0.25, -0.2) is 13.1 Å². The number of hydrogen-bond acceptors (Lipinski definition) is 3. The van der Waals surface area contributed by atoms with Crippen molar-refractivity contribution in [2.24, 2.45) is 5.73 Å². The lowest BCUT2D eigenvalue weighted by Gasteiger charge is -2.13. The average molecular weight is 300 g/mol. The first-order chi connectivity index (χ1) is 8.85. The molecular weight excluding hydrogens is 280 g/mol. The van der Waals surface area contributed by atoms with Crippen molar-refractivity contribution >= 4 is 27.2 Å². The van der Waals surface area contributed by atoms with Crippen LogP contribution in [-0.4, -0.2) is 19.4 Å². The van der Waals surface area contributed by atoms with E-state index in [0.29, 0.717) is 11.4 Å². The van der Waals surface area contributed by atoms with Crippen molar-refractivity contribution in [3.05, 3.63) is 29.8 Å². The molecule has 0 heterocycles. The number of sulfonamides is 1. The molecule has 0 spiro atoms. The summed E-state index contributed by atoms with van der Waals surface area (Å²) in [6.45, 7) is 3.89. The summed E-state index contributed by atoms with van der Waals surface area (Å²) in [6, 6.07) is 6.56. The maximum atomic E-state index is 12.1. The third kappa shape index (κ3) is 5.26. The van der Waals surface area contributed by atoms with Crippen LogP contribution in [0.25, 0.3) is 0 Å². The fourth-order valence-corrected chi connectivity index (χ4v) is 3.26. The van der Waals surface area contributed by atoms with Crippen LogP contribution < -0.4 is 10.5 Å². The van der Waals surface area contributed by atoms with E-state index < -0.39 is 10.0 Å². The summed E-state index contributed by atoms with van der Waals surface area (Å²) in [5.74, 6) is 0. The third-order valence-electron chi connectivity index (χ3n) is 2.69. The Morgan fingerprint density at radius 2 is 1.95 bits per heavy atom. The molecule has 0 radical (unpaired) electrons. The highest BCUT2D eigenvalue weighted by Crippen LogP contribution is 2.12. The molecule has 3 N–H and O–H groups in total. The van der Waals surface area contributed by atoms with Gasteiger partial charge >= 0.3 is 0 Å². The molecule has 0 saturated carbocycles. The van der Waals surface area contributed by atoms with Crippen LogP contribution in [0, 0.1) is 0 Å². The first kappa shape index (κ1) is 16.1. The molecule has 6 heteroatoms. The minimum Gasteiger partial charge on any atom is -0.393 e. The predicted molar refractivity (Wildman–Crippen MR) is 81.6 cm³/mol. The Morgan fingerprint density at radius 1 is 1.37 bits per heavy atom. The largest absolute Gasteiger partial charge is 0.393 e. The standard InChI is InChI=1S/C13H20N2O2S2/c1-3-4-10(2)15-19(16,17)12-7-5-11(6-8-12)9-13(14)18/h5-8,10,15H,3-4,9H2,1-2H3,(H2,14,18). The van der Waals surface area contributed by atoms with E-state index in [0.717, 1.165) is 18.4 Å².